The highest BCUT2D eigenvalue weighted by molar-refractivity contribution is 7.12. The van der Waals surface area contributed by atoms with Crippen LogP contribution in [0, 0.1) is 5.41 Å². The highest BCUT2D eigenvalue weighted by Crippen LogP contribution is 2.27. The lowest BCUT2D eigenvalue weighted by Gasteiger charge is -2.40. The molecule has 2 aliphatic heterocycles. The third-order valence-electron chi connectivity index (χ3n) is 4.54. The van der Waals surface area contributed by atoms with Crippen molar-refractivity contribution in [3.63, 3.8) is 0 Å². The maximum Gasteiger partial charge on any atom is 0.140 e. The van der Waals surface area contributed by atoms with Crippen LogP contribution in [0.4, 0.5) is 5.69 Å². The number of hydrogen-bond donors (Lipinski definition) is 3. The van der Waals surface area contributed by atoms with Crippen molar-refractivity contribution < 1.29 is 0 Å². The van der Waals surface area contributed by atoms with Gasteiger partial charge in [0, 0.05) is 37.9 Å². The van der Waals surface area contributed by atoms with Gasteiger partial charge in [-0.05, 0) is 41.1 Å². The summed E-state index contributed by atoms with van der Waals surface area (Å²) in [6, 6.07) is 11.1. The van der Waals surface area contributed by atoms with Crippen LogP contribution in [0.1, 0.15) is 16.0 Å². The fraction of sp³-hybridized carbons (Fsp3) is 0.353. The van der Waals surface area contributed by atoms with E-state index in [0.717, 1.165) is 43.2 Å². The molecule has 4 rings (SSSR count). The van der Waals surface area contributed by atoms with Gasteiger partial charge in [0.25, 0.3) is 0 Å². The molecule has 0 bridgehead atoms. The number of nitrogens with one attached hydrogen (secondary N) is 3. The second-order valence-corrected chi connectivity index (χ2v) is 6.94. The number of amidine groups is 1. The molecule has 0 aliphatic carbocycles. The van der Waals surface area contributed by atoms with Gasteiger partial charge in [-0.3, -0.25) is 10.3 Å². The molecule has 1 unspecified atom stereocenters. The Hall–Kier alpha value is -1.69. The molecule has 0 saturated carbocycles. The number of piperazine rings is 1. The third kappa shape index (κ3) is 2.67. The number of thiophene rings is 1. The molecular formula is C17H20N4S. The van der Waals surface area contributed by atoms with Gasteiger partial charge in [0.2, 0.25) is 0 Å². The summed E-state index contributed by atoms with van der Waals surface area (Å²) in [5.74, 6) is 0.478. The molecule has 22 heavy (non-hydrogen) atoms. The molecule has 3 N–H and O–H groups in total. The summed E-state index contributed by atoms with van der Waals surface area (Å²) in [6.07, 6.45) is 1.13. The van der Waals surface area contributed by atoms with E-state index in [-0.39, 0.29) is 0 Å². The summed E-state index contributed by atoms with van der Waals surface area (Å²) in [5, 5.41) is 16.9. The van der Waals surface area contributed by atoms with Gasteiger partial charge >= 0.3 is 0 Å². The van der Waals surface area contributed by atoms with Gasteiger partial charge in [-0.25, -0.2) is 0 Å². The van der Waals surface area contributed by atoms with Crippen molar-refractivity contribution in [3.8, 4) is 0 Å². The highest BCUT2D eigenvalue weighted by Gasteiger charge is 2.28. The van der Waals surface area contributed by atoms with Crippen LogP contribution in [-0.4, -0.2) is 36.4 Å². The first-order valence-electron chi connectivity index (χ1n) is 7.75. The van der Waals surface area contributed by atoms with E-state index in [1.807, 2.05) is 17.5 Å². The zero-order valence-corrected chi connectivity index (χ0v) is 13.2. The van der Waals surface area contributed by atoms with Crippen LogP contribution >= 0.6 is 11.3 Å². The van der Waals surface area contributed by atoms with Crippen molar-refractivity contribution in [1.29, 1.82) is 5.41 Å². The van der Waals surface area contributed by atoms with Crippen LogP contribution in [0.5, 0.6) is 0 Å². The predicted octanol–water partition coefficient (Wildman–Crippen LogP) is 2.52. The molecule has 2 aromatic rings. The Bertz CT molecular complexity index is 680. The minimum Gasteiger partial charge on any atom is -0.340 e. The Labute approximate surface area is 134 Å². The summed E-state index contributed by atoms with van der Waals surface area (Å²) >= 11 is 1.59. The van der Waals surface area contributed by atoms with Crippen molar-refractivity contribution in [1.82, 2.24) is 10.2 Å². The topological polar surface area (TPSA) is 51.2 Å². The maximum absolute atomic E-state index is 8.15. The second kappa shape index (κ2) is 5.83. The normalized spacial score (nSPS) is 21.0. The lowest BCUT2D eigenvalue weighted by Crippen LogP contribution is -2.53. The summed E-state index contributed by atoms with van der Waals surface area (Å²) in [7, 11) is 0. The average molecular weight is 312 g/mol. The Morgan fingerprint density at radius 1 is 1.32 bits per heavy atom. The Morgan fingerprint density at radius 2 is 2.27 bits per heavy atom. The molecule has 0 radical (unpaired) electrons. The van der Waals surface area contributed by atoms with E-state index in [2.05, 4.69) is 33.7 Å². The Morgan fingerprint density at radius 3 is 3.14 bits per heavy atom. The predicted molar refractivity (Wildman–Crippen MR) is 92.0 cm³/mol. The quantitative estimate of drug-likeness (QED) is 0.590. The first-order valence-corrected chi connectivity index (χ1v) is 8.63. The van der Waals surface area contributed by atoms with E-state index >= 15 is 0 Å². The van der Waals surface area contributed by atoms with Gasteiger partial charge in [-0.1, -0.05) is 12.1 Å². The van der Waals surface area contributed by atoms with Crippen molar-refractivity contribution in [2.45, 2.75) is 19.0 Å². The molecule has 5 heteroatoms. The molecule has 1 saturated heterocycles. The fourth-order valence-electron chi connectivity index (χ4n) is 3.36. The summed E-state index contributed by atoms with van der Waals surface area (Å²) in [5.41, 5.74) is 3.88. The van der Waals surface area contributed by atoms with E-state index in [1.54, 1.807) is 11.3 Å². The number of anilines is 1. The van der Waals surface area contributed by atoms with E-state index in [9.17, 15) is 0 Å². The van der Waals surface area contributed by atoms with Crippen molar-refractivity contribution in [3.05, 3.63) is 51.7 Å². The molecule has 4 nitrogen and oxygen atoms in total. The molecule has 1 atom stereocenters. The van der Waals surface area contributed by atoms with Gasteiger partial charge in [0.1, 0.15) is 5.84 Å². The van der Waals surface area contributed by atoms with Gasteiger partial charge in [0.15, 0.2) is 0 Å². The summed E-state index contributed by atoms with van der Waals surface area (Å²) in [4.78, 5) is 3.55. The van der Waals surface area contributed by atoms with Crippen LogP contribution < -0.4 is 10.6 Å². The number of hydrogen-bond acceptors (Lipinski definition) is 4. The molecule has 3 heterocycles. The Kier molecular flexibility index (Phi) is 3.70. The molecular weight excluding hydrogens is 292 g/mol. The van der Waals surface area contributed by atoms with Crippen molar-refractivity contribution in [2.24, 2.45) is 0 Å². The number of fused-ring (bicyclic) bond motifs is 2. The SMILES string of the molecule is N=C(Nc1ccc2c(c1)CN1CCNCC1C2)c1cccs1. The summed E-state index contributed by atoms with van der Waals surface area (Å²) in [6.45, 7) is 4.35. The lowest BCUT2D eigenvalue weighted by molar-refractivity contribution is 0.140. The van der Waals surface area contributed by atoms with Gasteiger partial charge in [-0.15, -0.1) is 11.3 Å². The van der Waals surface area contributed by atoms with E-state index in [0.29, 0.717) is 11.9 Å². The smallest absolute Gasteiger partial charge is 0.140 e. The largest absolute Gasteiger partial charge is 0.340 e. The number of nitrogens with zero attached hydrogens (tertiary/aromatic N) is 1. The van der Waals surface area contributed by atoms with Gasteiger partial charge < -0.3 is 10.6 Å². The van der Waals surface area contributed by atoms with Crippen LogP contribution in [0.25, 0.3) is 0 Å². The minimum atomic E-state index is 0.478. The summed E-state index contributed by atoms with van der Waals surface area (Å²) < 4.78 is 0. The molecule has 114 valence electrons. The Balaban J connectivity index is 1.53. The average Bonchev–Trinajstić information content (AvgIpc) is 3.07. The number of rotatable bonds is 2. The molecule has 2 aliphatic rings. The van der Waals surface area contributed by atoms with Crippen LogP contribution in [0.3, 0.4) is 0 Å². The lowest BCUT2D eigenvalue weighted by atomic mass is 9.92. The van der Waals surface area contributed by atoms with Crippen LogP contribution in [-0.2, 0) is 13.0 Å². The molecule has 1 fully saturated rings. The van der Waals surface area contributed by atoms with E-state index < -0.39 is 0 Å². The van der Waals surface area contributed by atoms with Crippen molar-refractivity contribution >= 4 is 22.9 Å². The first kappa shape index (κ1) is 13.9. The third-order valence-corrected chi connectivity index (χ3v) is 5.43. The zero-order chi connectivity index (χ0) is 14.9. The minimum absolute atomic E-state index is 0.478. The van der Waals surface area contributed by atoms with E-state index in [1.165, 1.54) is 11.1 Å². The van der Waals surface area contributed by atoms with Crippen LogP contribution in [0.15, 0.2) is 35.7 Å². The van der Waals surface area contributed by atoms with E-state index in [4.69, 9.17) is 5.41 Å². The van der Waals surface area contributed by atoms with Gasteiger partial charge in [-0.2, -0.15) is 0 Å². The monoisotopic (exact) mass is 312 g/mol. The first-order chi connectivity index (χ1) is 10.8. The molecule has 0 amide bonds. The zero-order valence-electron chi connectivity index (χ0n) is 12.4. The number of benzene rings is 1. The second-order valence-electron chi connectivity index (χ2n) is 5.99. The molecule has 1 aromatic carbocycles. The highest BCUT2D eigenvalue weighted by atomic mass is 32.1. The fourth-order valence-corrected chi connectivity index (χ4v) is 3.99. The van der Waals surface area contributed by atoms with Gasteiger partial charge in [0.05, 0.1) is 4.88 Å². The maximum atomic E-state index is 8.15. The van der Waals surface area contributed by atoms with Crippen molar-refractivity contribution in [2.75, 3.05) is 25.0 Å². The molecule has 1 aromatic heterocycles. The molecule has 0 spiro atoms. The standard InChI is InChI=1S/C17H20N4S/c18-17(16-2-1-7-22-16)20-14-4-3-12-9-15-10-19-5-6-21(15)11-13(12)8-14/h1-4,7-8,15,19H,5-6,9-11H2,(H2,18,20). The van der Waals surface area contributed by atoms with Crippen LogP contribution in [0.2, 0.25) is 0 Å².